The van der Waals surface area contributed by atoms with Gasteiger partial charge in [0, 0.05) is 30.8 Å². The molecule has 0 amide bonds. The second-order valence-electron chi connectivity index (χ2n) is 11.4. The molecule has 0 spiro atoms. The number of Topliss-reactive ketones (excluding diaryl/α,β-unsaturated/α-hetero) is 1. The molecule has 176 valence electrons. The van der Waals surface area contributed by atoms with E-state index in [-0.39, 0.29) is 6.42 Å². The summed E-state index contributed by atoms with van der Waals surface area (Å²) in [6.45, 7) is 13.4. The molecule has 4 aliphatic rings. The Bertz CT molecular complexity index is 776. The number of fused-ring (bicyclic) bond motifs is 3. The van der Waals surface area contributed by atoms with E-state index in [9.17, 15) is 20.1 Å². The Balaban J connectivity index is 1.94. The van der Waals surface area contributed by atoms with Crippen LogP contribution < -0.4 is 0 Å². The molecular weight excluding hydrogens is 400 g/mol. The molecule has 2 saturated heterocycles. The summed E-state index contributed by atoms with van der Waals surface area (Å²) >= 11 is 0. The van der Waals surface area contributed by atoms with Crippen LogP contribution in [0.5, 0.6) is 0 Å². The van der Waals surface area contributed by atoms with Gasteiger partial charge in [-0.05, 0) is 38.5 Å². The Labute approximate surface area is 184 Å². The predicted molar refractivity (Wildman–Crippen MR) is 113 cm³/mol. The van der Waals surface area contributed by atoms with Gasteiger partial charge in [0.25, 0.3) is 0 Å². The topological polar surface area (TPSA) is 105 Å². The maximum absolute atomic E-state index is 13.7. The Morgan fingerprint density at radius 3 is 2.39 bits per heavy atom. The molecule has 1 unspecified atom stereocenters. The van der Waals surface area contributed by atoms with Crippen LogP contribution in [0.3, 0.4) is 0 Å². The van der Waals surface area contributed by atoms with E-state index in [1.54, 1.807) is 6.92 Å². The van der Waals surface area contributed by atoms with E-state index in [1.165, 1.54) is 13.0 Å². The first-order valence-corrected chi connectivity index (χ1v) is 11.5. The van der Waals surface area contributed by atoms with Crippen molar-refractivity contribution in [2.45, 2.75) is 108 Å². The maximum atomic E-state index is 13.7. The average Bonchev–Trinajstić information content (AvgIpc) is 3.16. The zero-order valence-corrected chi connectivity index (χ0v) is 19.4. The van der Waals surface area contributed by atoms with Crippen molar-refractivity contribution in [2.24, 2.45) is 16.7 Å². The number of hydrogen-bond donors (Lipinski definition) is 3. The fraction of sp³-hybridized carbons (Fsp3) is 0.875. The van der Waals surface area contributed by atoms with Gasteiger partial charge in [-0.25, -0.2) is 0 Å². The Kier molecular flexibility index (Phi) is 5.15. The molecule has 3 N–H and O–H groups in total. The Hall–Kier alpha value is -0.830. The summed E-state index contributed by atoms with van der Waals surface area (Å²) in [5, 5.41) is 36.1. The van der Waals surface area contributed by atoms with Crippen LogP contribution in [0.1, 0.15) is 73.1 Å². The van der Waals surface area contributed by atoms with E-state index in [0.717, 1.165) is 19.3 Å². The molecule has 8 atom stereocenters. The summed E-state index contributed by atoms with van der Waals surface area (Å²) < 4.78 is 18.1. The van der Waals surface area contributed by atoms with E-state index in [2.05, 4.69) is 6.58 Å². The van der Waals surface area contributed by atoms with E-state index in [1.807, 2.05) is 20.8 Å². The summed E-state index contributed by atoms with van der Waals surface area (Å²) in [4.78, 5) is 13.7. The number of hydrogen-bond acceptors (Lipinski definition) is 7. The van der Waals surface area contributed by atoms with Crippen LogP contribution in [0.4, 0.5) is 0 Å². The van der Waals surface area contributed by atoms with E-state index in [4.69, 9.17) is 14.2 Å². The Morgan fingerprint density at radius 1 is 1.13 bits per heavy atom. The molecule has 0 aromatic carbocycles. The average molecular weight is 439 g/mol. The van der Waals surface area contributed by atoms with E-state index in [0.29, 0.717) is 19.4 Å². The minimum Gasteiger partial charge on any atom is -0.384 e. The molecule has 2 aliphatic carbocycles. The van der Waals surface area contributed by atoms with Crippen molar-refractivity contribution < 1.29 is 34.3 Å². The first-order chi connectivity index (χ1) is 14.2. The Morgan fingerprint density at radius 2 is 1.81 bits per heavy atom. The third-order valence-electron chi connectivity index (χ3n) is 8.81. The van der Waals surface area contributed by atoms with Crippen LogP contribution in [-0.2, 0) is 19.0 Å². The zero-order valence-electron chi connectivity index (χ0n) is 19.4. The van der Waals surface area contributed by atoms with Crippen molar-refractivity contribution in [3.8, 4) is 0 Å². The molecular formula is C24H38O7. The van der Waals surface area contributed by atoms with Gasteiger partial charge < -0.3 is 29.5 Å². The monoisotopic (exact) mass is 438 g/mol. The highest BCUT2D eigenvalue weighted by molar-refractivity contribution is 5.92. The molecule has 0 bridgehead atoms. The fourth-order valence-corrected chi connectivity index (χ4v) is 7.58. The van der Waals surface area contributed by atoms with Crippen molar-refractivity contribution in [1.29, 1.82) is 0 Å². The van der Waals surface area contributed by atoms with Crippen molar-refractivity contribution in [3.05, 3.63) is 12.7 Å². The van der Waals surface area contributed by atoms with Gasteiger partial charge >= 0.3 is 0 Å². The smallest absolute Gasteiger partial charge is 0.201 e. The van der Waals surface area contributed by atoms with Gasteiger partial charge in [-0.15, -0.1) is 6.58 Å². The number of ether oxygens (including phenoxy) is 3. The van der Waals surface area contributed by atoms with Crippen molar-refractivity contribution >= 4 is 5.78 Å². The van der Waals surface area contributed by atoms with Gasteiger partial charge in [-0.2, -0.15) is 0 Å². The van der Waals surface area contributed by atoms with Crippen LogP contribution in [0.25, 0.3) is 0 Å². The first kappa shape index (κ1) is 23.3. The number of ketones is 1. The van der Waals surface area contributed by atoms with Crippen LogP contribution in [0, 0.1) is 16.7 Å². The van der Waals surface area contributed by atoms with Crippen molar-refractivity contribution in [1.82, 2.24) is 0 Å². The SMILES string of the molecule is C=C[C@@]1(C)CC(=O)[C@]2(O)[C@@]3(C)CCCC(C)(C)[C@@H]3[C@@](O)(OC3CCCO3)[C@H](O)[C@@]2(C)O1. The molecule has 0 radical (unpaired) electrons. The molecule has 7 heteroatoms. The van der Waals surface area contributed by atoms with Gasteiger partial charge in [0.15, 0.2) is 17.7 Å². The molecule has 2 aliphatic heterocycles. The largest absolute Gasteiger partial charge is 0.384 e. The van der Waals surface area contributed by atoms with Crippen LogP contribution in [0.2, 0.25) is 0 Å². The van der Waals surface area contributed by atoms with Crippen LogP contribution in [0.15, 0.2) is 12.7 Å². The van der Waals surface area contributed by atoms with Gasteiger partial charge in [-0.3, -0.25) is 4.79 Å². The number of rotatable bonds is 3. The second-order valence-corrected chi connectivity index (χ2v) is 11.4. The number of carbonyl (C=O) groups excluding carboxylic acids is 1. The highest BCUT2D eigenvalue weighted by atomic mass is 16.8. The predicted octanol–water partition coefficient (Wildman–Crippen LogP) is 2.46. The zero-order chi connectivity index (χ0) is 23.1. The minimum absolute atomic E-state index is 0.0525. The molecule has 2 heterocycles. The molecule has 2 saturated carbocycles. The molecule has 0 aromatic heterocycles. The number of aliphatic hydroxyl groups excluding tert-OH is 1. The van der Waals surface area contributed by atoms with Crippen molar-refractivity contribution in [2.75, 3.05) is 6.61 Å². The number of carbonyl (C=O) groups is 1. The minimum atomic E-state index is -2.08. The van der Waals surface area contributed by atoms with Gasteiger partial charge in [-0.1, -0.05) is 33.3 Å². The van der Waals surface area contributed by atoms with Gasteiger partial charge in [0.05, 0.1) is 5.60 Å². The van der Waals surface area contributed by atoms with Gasteiger partial charge in [0.2, 0.25) is 5.79 Å². The maximum Gasteiger partial charge on any atom is 0.201 e. The lowest BCUT2D eigenvalue weighted by Crippen LogP contribution is -2.87. The van der Waals surface area contributed by atoms with Crippen LogP contribution in [-0.4, -0.2) is 62.7 Å². The summed E-state index contributed by atoms with van der Waals surface area (Å²) in [6, 6.07) is 0. The highest BCUT2D eigenvalue weighted by Crippen LogP contribution is 2.69. The highest BCUT2D eigenvalue weighted by Gasteiger charge is 2.82. The molecule has 4 rings (SSSR count). The molecule has 0 aromatic rings. The van der Waals surface area contributed by atoms with Crippen LogP contribution >= 0.6 is 0 Å². The molecule has 31 heavy (non-hydrogen) atoms. The van der Waals surface area contributed by atoms with Gasteiger partial charge in [0.1, 0.15) is 11.7 Å². The third-order valence-corrected chi connectivity index (χ3v) is 8.81. The number of aliphatic hydroxyl groups is 3. The normalized spacial score (nSPS) is 54.2. The van der Waals surface area contributed by atoms with E-state index >= 15 is 0 Å². The lowest BCUT2D eigenvalue weighted by Gasteiger charge is -2.72. The third kappa shape index (κ3) is 2.83. The summed E-state index contributed by atoms with van der Waals surface area (Å²) in [5.41, 5.74) is -6.50. The summed E-state index contributed by atoms with van der Waals surface area (Å²) in [6.07, 6.45) is 2.55. The summed E-state index contributed by atoms with van der Waals surface area (Å²) in [5.74, 6) is -3.19. The second kappa shape index (κ2) is 6.84. The molecule has 4 fully saturated rings. The van der Waals surface area contributed by atoms with E-state index < -0.39 is 57.5 Å². The lowest BCUT2D eigenvalue weighted by molar-refractivity contribution is -0.448. The van der Waals surface area contributed by atoms with Crippen molar-refractivity contribution in [3.63, 3.8) is 0 Å². The fourth-order valence-electron chi connectivity index (χ4n) is 7.58. The first-order valence-electron chi connectivity index (χ1n) is 11.5. The summed E-state index contributed by atoms with van der Waals surface area (Å²) in [7, 11) is 0. The lowest BCUT2D eigenvalue weighted by atomic mass is 9.39. The standard InChI is InChI=1S/C24H38O7/c1-7-20(4)14-15(25)24(28)21(5)12-9-11-19(2,3)17(21)23(27,18(26)22(24,6)31-20)30-16-10-8-13-29-16/h7,16-18,26-28H,1,8-14H2,2-6H3/t16?,17-,18+,20-,21-,22+,23+,24-/m0/s1. The molecule has 7 nitrogen and oxygen atoms in total. The quantitative estimate of drug-likeness (QED) is 0.459.